The molecule has 0 amide bonds. The van der Waals surface area contributed by atoms with Gasteiger partial charge in [0.2, 0.25) is 0 Å². The van der Waals surface area contributed by atoms with Crippen molar-refractivity contribution in [3.8, 4) is 0 Å². The summed E-state index contributed by atoms with van der Waals surface area (Å²) in [5.41, 5.74) is 3.17. The fourth-order valence-corrected chi connectivity index (χ4v) is 2.04. The zero-order valence-corrected chi connectivity index (χ0v) is 9.96. The maximum absolute atomic E-state index is 13.1. The third-order valence-electron chi connectivity index (χ3n) is 2.24. The Morgan fingerprint density at radius 1 is 1.41 bits per heavy atom. The maximum atomic E-state index is 13.1. The van der Waals surface area contributed by atoms with Gasteiger partial charge in [-0.3, -0.25) is 10.7 Å². The second-order valence-electron chi connectivity index (χ2n) is 3.48. The van der Waals surface area contributed by atoms with E-state index in [4.69, 9.17) is 5.21 Å². The first-order valence-electron chi connectivity index (χ1n) is 4.99. The Bertz CT molecular complexity index is 537. The SMILES string of the molecule is Cc1cc(N=C(NO)c2cccs2)ccc1F. The van der Waals surface area contributed by atoms with Crippen LogP contribution in [0.4, 0.5) is 10.1 Å². The van der Waals surface area contributed by atoms with Crippen molar-refractivity contribution in [3.63, 3.8) is 0 Å². The topological polar surface area (TPSA) is 44.6 Å². The lowest BCUT2D eigenvalue weighted by Gasteiger charge is -2.03. The standard InChI is InChI=1S/C12H11FN2OS/c1-8-7-9(4-5-10(8)13)14-12(15-16)11-3-2-6-17-11/h2-7,16H,1H3,(H,14,15). The molecule has 17 heavy (non-hydrogen) atoms. The summed E-state index contributed by atoms with van der Waals surface area (Å²) in [4.78, 5) is 5.04. The lowest BCUT2D eigenvalue weighted by Crippen LogP contribution is -2.18. The second kappa shape index (κ2) is 5.07. The number of nitrogens with one attached hydrogen (secondary N) is 1. The molecule has 3 nitrogen and oxygen atoms in total. The van der Waals surface area contributed by atoms with Crippen LogP contribution in [0.5, 0.6) is 0 Å². The predicted molar refractivity (Wildman–Crippen MR) is 66.6 cm³/mol. The highest BCUT2D eigenvalue weighted by atomic mass is 32.1. The molecule has 1 aromatic carbocycles. The van der Waals surface area contributed by atoms with Crippen LogP contribution in [0.25, 0.3) is 0 Å². The number of halogens is 1. The Balaban J connectivity index is 2.36. The lowest BCUT2D eigenvalue weighted by atomic mass is 10.2. The summed E-state index contributed by atoms with van der Waals surface area (Å²) in [5.74, 6) is 0.0876. The van der Waals surface area contributed by atoms with E-state index in [0.717, 1.165) is 4.88 Å². The van der Waals surface area contributed by atoms with Gasteiger partial charge in [0.05, 0.1) is 10.6 Å². The van der Waals surface area contributed by atoms with Gasteiger partial charge < -0.3 is 0 Å². The van der Waals surface area contributed by atoms with Crippen LogP contribution in [-0.4, -0.2) is 11.0 Å². The number of hydroxylamine groups is 1. The Hall–Kier alpha value is -1.72. The summed E-state index contributed by atoms with van der Waals surface area (Å²) in [6.07, 6.45) is 0. The molecule has 0 atom stereocenters. The average molecular weight is 250 g/mol. The van der Waals surface area contributed by atoms with Crippen LogP contribution in [0.3, 0.4) is 0 Å². The van der Waals surface area contributed by atoms with E-state index in [0.29, 0.717) is 17.1 Å². The molecule has 0 aliphatic heterocycles. The normalized spacial score (nSPS) is 11.6. The highest BCUT2D eigenvalue weighted by molar-refractivity contribution is 7.12. The van der Waals surface area contributed by atoms with Crippen molar-refractivity contribution in [3.05, 3.63) is 52.0 Å². The van der Waals surface area contributed by atoms with E-state index in [2.05, 4.69) is 10.5 Å². The van der Waals surface area contributed by atoms with Crippen molar-refractivity contribution in [2.24, 2.45) is 4.99 Å². The van der Waals surface area contributed by atoms with Gasteiger partial charge in [0, 0.05) is 0 Å². The molecule has 0 aliphatic rings. The van der Waals surface area contributed by atoms with E-state index in [1.807, 2.05) is 17.5 Å². The van der Waals surface area contributed by atoms with E-state index in [1.54, 1.807) is 19.1 Å². The minimum Gasteiger partial charge on any atom is -0.290 e. The molecule has 2 N–H and O–H groups in total. The van der Waals surface area contributed by atoms with Gasteiger partial charge in [-0.05, 0) is 42.1 Å². The van der Waals surface area contributed by atoms with Crippen molar-refractivity contribution in [1.82, 2.24) is 5.48 Å². The second-order valence-corrected chi connectivity index (χ2v) is 4.43. The van der Waals surface area contributed by atoms with Crippen molar-refractivity contribution in [2.75, 3.05) is 0 Å². The Morgan fingerprint density at radius 2 is 2.24 bits per heavy atom. The Kier molecular flexibility index (Phi) is 3.51. The minimum atomic E-state index is -0.265. The molecule has 88 valence electrons. The number of hydrogen-bond acceptors (Lipinski definition) is 3. The summed E-state index contributed by atoms with van der Waals surface area (Å²) in [7, 11) is 0. The fourth-order valence-electron chi connectivity index (χ4n) is 1.38. The van der Waals surface area contributed by atoms with Gasteiger partial charge in [-0.15, -0.1) is 11.3 Å². The molecule has 0 aliphatic carbocycles. The number of rotatable bonds is 2. The number of thiophene rings is 1. The number of aryl methyl sites for hydroxylation is 1. The van der Waals surface area contributed by atoms with Gasteiger partial charge in [-0.1, -0.05) is 6.07 Å². The van der Waals surface area contributed by atoms with E-state index >= 15 is 0 Å². The first-order chi connectivity index (χ1) is 8.20. The molecule has 2 aromatic rings. The largest absolute Gasteiger partial charge is 0.290 e. The number of aliphatic imine (C=N–C) groups is 1. The number of hydrogen-bond donors (Lipinski definition) is 2. The summed E-state index contributed by atoms with van der Waals surface area (Å²) < 4.78 is 13.1. The molecule has 5 heteroatoms. The molecular formula is C12H11FN2OS. The summed E-state index contributed by atoms with van der Waals surface area (Å²) in [5, 5.41) is 10.9. The minimum absolute atomic E-state index is 0.265. The van der Waals surface area contributed by atoms with E-state index in [1.165, 1.54) is 17.4 Å². The van der Waals surface area contributed by atoms with Crippen molar-refractivity contribution in [1.29, 1.82) is 0 Å². The van der Waals surface area contributed by atoms with Gasteiger partial charge in [0.15, 0.2) is 5.84 Å². The quantitative estimate of drug-likeness (QED) is 0.488. The monoisotopic (exact) mass is 250 g/mol. The summed E-state index contributed by atoms with van der Waals surface area (Å²) in [6.45, 7) is 1.67. The van der Waals surface area contributed by atoms with E-state index < -0.39 is 0 Å². The highest BCUT2D eigenvalue weighted by Crippen LogP contribution is 2.18. The Morgan fingerprint density at radius 3 is 2.82 bits per heavy atom. The number of amidine groups is 1. The molecule has 1 heterocycles. The molecule has 0 saturated heterocycles. The van der Waals surface area contributed by atoms with Crippen LogP contribution >= 0.6 is 11.3 Å². The molecule has 0 unspecified atom stereocenters. The van der Waals surface area contributed by atoms with Crippen LogP contribution in [0, 0.1) is 12.7 Å². The third-order valence-corrected chi connectivity index (χ3v) is 3.12. The Labute approximate surface area is 102 Å². The molecule has 0 spiro atoms. The first-order valence-corrected chi connectivity index (χ1v) is 5.87. The molecule has 2 rings (SSSR count). The zero-order chi connectivity index (χ0) is 12.3. The van der Waals surface area contributed by atoms with Crippen LogP contribution in [0.2, 0.25) is 0 Å². The molecule has 0 bridgehead atoms. The average Bonchev–Trinajstić information content (AvgIpc) is 2.84. The van der Waals surface area contributed by atoms with Gasteiger partial charge in [0.25, 0.3) is 0 Å². The van der Waals surface area contributed by atoms with E-state index in [9.17, 15) is 4.39 Å². The smallest absolute Gasteiger partial charge is 0.167 e. The zero-order valence-electron chi connectivity index (χ0n) is 9.14. The van der Waals surface area contributed by atoms with Crippen molar-refractivity contribution < 1.29 is 9.60 Å². The predicted octanol–water partition coefficient (Wildman–Crippen LogP) is 3.25. The van der Waals surface area contributed by atoms with Crippen molar-refractivity contribution in [2.45, 2.75) is 6.92 Å². The third kappa shape index (κ3) is 2.69. The van der Waals surface area contributed by atoms with Gasteiger partial charge >= 0.3 is 0 Å². The van der Waals surface area contributed by atoms with Crippen LogP contribution in [0.15, 0.2) is 40.7 Å². The summed E-state index contributed by atoms with van der Waals surface area (Å²) in [6, 6.07) is 8.25. The van der Waals surface area contributed by atoms with Gasteiger partial charge in [-0.25, -0.2) is 9.38 Å². The fraction of sp³-hybridized carbons (Fsp3) is 0.0833. The van der Waals surface area contributed by atoms with Crippen LogP contribution in [0.1, 0.15) is 10.4 Å². The molecule has 1 aromatic heterocycles. The molecule has 0 radical (unpaired) electrons. The summed E-state index contributed by atoms with van der Waals surface area (Å²) >= 11 is 1.45. The van der Waals surface area contributed by atoms with Gasteiger partial charge in [0.1, 0.15) is 5.82 Å². The van der Waals surface area contributed by atoms with Gasteiger partial charge in [-0.2, -0.15) is 0 Å². The maximum Gasteiger partial charge on any atom is 0.167 e. The van der Waals surface area contributed by atoms with Crippen LogP contribution < -0.4 is 5.48 Å². The van der Waals surface area contributed by atoms with Crippen LogP contribution in [-0.2, 0) is 0 Å². The highest BCUT2D eigenvalue weighted by Gasteiger charge is 2.04. The molecule has 0 saturated carbocycles. The number of nitrogens with zero attached hydrogens (tertiary/aromatic N) is 1. The van der Waals surface area contributed by atoms with Crippen molar-refractivity contribution >= 4 is 22.9 Å². The first kappa shape index (κ1) is 11.8. The number of benzene rings is 1. The lowest BCUT2D eigenvalue weighted by molar-refractivity contribution is 0.235. The molecule has 0 fully saturated rings. The van der Waals surface area contributed by atoms with E-state index in [-0.39, 0.29) is 5.82 Å². The molecular weight excluding hydrogens is 239 g/mol.